The van der Waals surface area contributed by atoms with Crippen LogP contribution in [0.1, 0.15) is 66.0 Å². The molecular weight excluding hydrogens is 443 g/mol. The molecule has 1 aromatic carbocycles. The topological polar surface area (TPSA) is 50.6 Å². The first-order valence-electron chi connectivity index (χ1n) is 13.3. The minimum atomic E-state index is -0.952. The normalized spacial score (nSPS) is 24.0. The number of aromatic nitrogens is 2. The van der Waals surface area contributed by atoms with Crippen LogP contribution in [0.25, 0.3) is 0 Å². The highest BCUT2D eigenvalue weighted by molar-refractivity contribution is 5.94. The van der Waals surface area contributed by atoms with Gasteiger partial charge in [-0.15, -0.1) is 0 Å². The third kappa shape index (κ3) is 4.84. The molecule has 0 N–H and O–H groups in total. The maximum Gasteiger partial charge on any atom is 0.274 e. The number of amides is 1. The van der Waals surface area contributed by atoms with Crippen LogP contribution in [0.15, 0.2) is 18.2 Å². The molecule has 2 aliphatic heterocycles. The Morgan fingerprint density at radius 2 is 1.86 bits per heavy atom. The van der Waals surface area contributed by atoms with Crippen molar-refractivity contribution in [3.05, 3.63) is 46.3 Å². The average Bonchev–Trinajstić information content (AvgIpc) is 3.44. The highest BCUT2D eigenvalue weighted by Gasteiger charge is 2.34. The number of carbonyl (C=O) groups is 1. The number of rotatable bonds is 5. The van der Waals surface area contributed by atoms with E-state index >= 15 is 4.39 Å². The van der Waals surface area contributed by atoms with E-state index in [-0.39, 0.29) is 30.6 Å². The second kappa shape index (κ2) is 9.92. The zero-order valence-corrected chi connectivity index (χ0v) is 21.6. The quantitative estimate of drug-likeness (QED) is 0.630. The Labute approximate surface area is 208 Å². The molecule has 3 heterocycles. The minimum absolute atomic E-state index is 0.0162. The molecule has 190 valence electrons. The van der Waals surface area contributed by atoms with Gasteiger partial charge in [0.05, 0.1) is 18.8 Å². The van der Waals surface area contributed by atoms with Gasteiger partial charge in [0.15, 0.2) is 5.69 Å². The summed E-state index contributed by atoms with van der Waals surface area (Å²) in [5, 5.41) is 4.71. The maximum absolute atomic E-state index is 15.6. The Morgan fingerprint density at radius 1 is 1.14 bits per heavy atom. The first-order chi connectivity index (χ1) is 16.8. The zero-order chi connectivity index (χ0) is 24.7. The molecule has 35 heavy (non-hydrogen) atoms. The van der Waals surface area contributed by atoms with Crippen molar-refractivity contribution >= 4 is 11.6 Å². The Morgan fingerprint density at radius 3 is 2.57 bits per heavy atom. The second-order valence-corrected chi connectivity index (χ2v) is 10.8. The van der Waals surface area contributed by atoms with E-state index in [2.05, 4.69) is 36.9 Å². The summed E-state index contributed by atoms with van der Waals surface area (Å²) >= 11 is 0. The van der Waals surface area contributed by atoms with Crippen molar-refractivity contribution in [3.8, 4) is 0 Å². The number of halogens is 1. The number of nitrogens with zero attached hydrogens (tertiary/aromatic N) is 4. The number of piperidine rings is 1. The van der Waals surface area contributed by atoms with Gasteiger partial charge in [0, 0.05) is 43.1 Å². The number of alkyl halides is 1. The number of fused-ring (bicyclic) bond motifs is 1. The summed E-state index contributed by atoms with van der Waals surface area (Å²) in [4.78, 5) is 17.6. The monoisotopic (exact) mass is 482 g/mol. The number of hydrogen-bond donors (Lipinski definition) is 0. The molecule has 2 fully saturated rings. The lowest BCUT2D eigenvalue weighted by Gasteiger charge is -2.36. The average molecular weight is 483 g/mol. The summed E-state index contributed by atoms with van der Waals surface area (Å²) in [6.45, 7) is 11.5. The molecule has 2 saturated heterocycles. The largest absolute Gasteiger partial charge is 0.372 e. The molecule has 1 aromatic heterocycles. The SMILES string of the molecule is Cc1cccc(N2CCC(C(F)Cn3nc(C(=O)N4C[C@@H](C)O[C@@H](C)C4)c4c3CCC4)CC2)c1C. The van der Waals surface area contributed by atoms with E-state index in [9.17, 15) is 4.79 Å². The number of anilines is 1. The van der Waals surface area contributed by atoms with E-state index in [0.717, 1.165) is 56.5 Å². The third-order valence-electron chi connectivity index (χ3n) is 8.23. The lowest BCUT2D eigenvalue weighted by atomic mass is 9.91. The highest BCUT2D eigenvalue weighted by atomic mass is 19.1. The zero-order valence-electron chi connectivity index (χ0n) is 21.6. The van der Waals surface area contributed by atoms with Crippen molar-refractivity contribution in [2.45, 2.75) is 84.7 Å². The number of morpholine rings is 1. The van der Waals surface area contributed by atoms with Crippen LogP contribution in [0.2, 0.25) is 0 Å². The van der Waals surface area contributed by atoms with E-state index < -0.39 is 6.17 Å². The maximum atomic E-state index is 15.6. The highest BCUT2D eigenvalue weighted by Crippen LogP contribution is 2.32. The molecule has 6 nitrogen and oxygen atoms in total. The predicted molar refractivity (Wildman–Crippen MR) is 136 cm³/mol. The number of benzene rings is 1. The lowest BCUT2D eigenvalue weighted by molar-refractivity contribution is -0.0587. The summed E-state index contributed by atoms with van der Waals surface area (Å²) < 4.78 is 23.2. The molecule has 0 saturated carbocycles. The van der Waals surface area contributed by atoms with Crippen LogP contribution in [-0.2, 0) is 24.1 Å². The van der Waals surface area contributed by atoms with Gasteiger partial charge >= 0.3 is 0 Å². The molecule has 7 heteroatoms. The van der Waals surface area contributed by atoms with Gasteiger partial charge in [0.2, 0.25) is 0 Å². The molecule has 1 amide bonds. The molecule has 0 bridgehead atoms. The molecule has 2 aromatic rings. The molecule has 3 aliphatic rings. The summed E-state index contributed by atoms with van der Waals surface area (Å²) in [6, 6.07) is 6.43. The van der Waals surface area contributed by atoms with Crippen molar-refractivity contribution in [1.82, 2.24) is 14.7 Å². The standard InChI is InChI=1S/C28H39FN4O2/c1-18-7-5-9-25(21(18)4)31-13-11-22(12-14-31)24(29)17-33-26-10-6-8-23(26)27(30-33)28(34)32-15-19(2)35-20(3)16-32/h5,7,9,19-20,22,24H,6,8,10-17H2,1-4H3/t19-,20+,24?. The lowest BCUT2D eigenvalue weighted by Crippen LogP contribution is -2.48. The predicted octanol–water partition coefficient (Wildman–Crippen LogP) is 4.49. The summed E-state index contributed by atoms with van der Waals surface area (Å²) in [6.07, 6.45) is 3.51. The van der Waals surface area contributed by atoms with Crippen molar-refractivity contribution in [3.63, 3.8) is 0 Å². The Balaban J connectivity index is 1.25. The molecule has 0 spiro atoms. The van der Waals surface area contributed by atoms with Crippen molar-refractivity contribution in [1.29, 1.82) is 0 Å². The first kappa shape index (κ1) is 24.3. The Hall–Kier alpha value is -2.41. The third-order valence-corrected chi connectivity index (χ3v) is 8.23. The van der Waals surface area contributed by atoms with Crippen LogP contribution in [-0.4, -0.2) is 65.1 Å². The fourth-order valence-corrected chi connectivity index (χ4v) is 6.22. The minimum Gasteiger partial charge on any atom is -0.372 e. The molecular formula is C28H39FN4O2. The number of aryl methyl sites for hydroxylation is 1. The molecule has 5 rings (SSSR count). The van der Waals surface area contributed by atoms with Gasteiger partial charge < -0.3 is 14.5 Å². The van der Waals surface area contributed by atoms with Gasteiger partial charge in [-0.3, -0.25) is 9.48 Å². The fourth-order valence-electron chi connectivity index (χ4n) is 6.22. The summed E-state index contributed by atoms with van der Waals surface area (Å²) in [5.41, 5.74) is 6.54. The number of hydrogen-bond acceptors (Lipinski definition) is 4. The Kier molecular flexibility index (Phi) is 6.88. The van der Waals surface area contributed by atoms with Crippen LogP contribution in [0, 0.1) is 19.8 Å². The van der Waals surface area contributed by atoms with Crippen molar-refractivity contribution in [2.24, 2.45) is 5.92 Å². The first-order valence-corrected chi connectivity index (χ1v) is 13.3. The van der Waals surface area contributed by atoms with Crippen molar-refractivity contribution in [2.75, 3.05) is 31.1 Å². The number of carbonyl (C=O) groups excluding carboxylic acids is 1. The van der Waals surface area contributed by atoms with Gasteiger partial charge in [-0.2, -0.15) is 5.10 Å². The van der Waals surface area contributed by atoms with Gasteiger partial charge in [0.1, 0.15) is 6.17 Å². The second-order valence-electron chi connectivity index (χ2n) is 10.8. The van der Waals surface area contributed by atoms with Crippen molar-refractivity contribution < 1.29 is 13.9 Å². The number of ether oxygens (including phenoxy) is 1. The summed E-state index contributed by atoms with van der Waals surface area (Å²) in [7, 11) is 0. The molecule has 1 unspecified atom stereocenters. The van der Waals surface area contributed by atoms with Crippen LogP contribution in [0.3, 0.4) is 0 Å². The summed E-state index contributed by atoms with van der Waals surface area (Å²) in [5.74, 6) is -0.00106. The van der Waals surface area contributed by atoms with Crippen LogP contribution in [0.4, 0.5) is 10.1 Å². The van der Waals surface area contributed by atoms with E-state index in [4.69, 9.17) is 9.84 Å². The molecule has 1 aliphatic carbocycles. The van der Waals surface area contributed by atoms with E-state index in [1.165, 1.54) is 16.8 Å². The van der Waals surface area contributed by atoms with E-state index in [1.807, 2.05) is 23.4 Å². The van der Waals surface area contributed by atoms with E-state index in [0.29, 0.717) is 18.8 Å². The van der Waals surface area contributed by atoms with E-state index in [1.54, 1.807) is 0 Å². The van der Waals surface area contributed by atoms with Crippen LogP contribution >= 0.6 is 0 Å². The van der Waals surface area contributed by atoms with Gasteiger partial charge in [-0.05, 0) is 82.9 Å². The Bertz CT molecular complexity index is 1070. The van der Waals surface area contributed by atoms with Gasteiger partial charge in [0.25, 0.3) is 5.91 Å². The fraction of sp³-hybridized carbons (Fsp3) is 0.643. The van der Waals surface area contributed by atoms with Crippen LogP contribution < -0.4 is 4.90 Å². The molecule has 3 atom stereocenters. The molecule has 0 radical (unpaired) electrons. The van der Waals surface area contributed by atoms with Gasteiger partial charge in [-0.1, -0.05) is 12.1 Å². The smallest absolute Gasteiger partial charge is 0.274 e. The van der Waals surface area contributed by atoms with Crippen LogP contribution in [0.5, 0.6) is 0 Å². The van der Waals surface area contributed by atoms with Gasteiger partial charge in [-0.25, -0.2) is 4.39 Å².